The van der Waals surface area contributed by atoms with Gasteiger partial charge in [-0.2, -0.15) is 0 Å². The molecule has 0 aliphatic carbocycles. The van der Waals surface area contributed by atoms with Crippen molar-refractivity contribution < 1.29 is 14.4 Å². The van der Waals surface area contributed by atoms with Crippen LogP contribution in [0.15, 0.2) is 24.3 Å². The van der Waals surface area contributed by atoms with Gasteiger partial charge >= 0.3 is 0 Å². The van der Waals surface area contributed by atoms with Gasteiger partial charge in [-0.15, -0.1) is 12.4 Å². The van der Waals surface area contributed by atoms with Crippen molar-refractivity contribution in [1.82, 2.24) is 5.32 Å². The maximum absolute atomic E-state index is 11.7. The Hall–Kier alpha value is -2.12. The first-order valence-electron chi connectivity index (χ1n) is 7.00. The third kappa shape index (κ3) is 7.62. The van der Waals surface area contributed by atoms with Gasteiger partial charge in [-0.1, -0.05) is 13.8 Å². The first-order valence-corrected chi connectivity index (χ1v) is 7.00. The molecule has 0 aliphatic rings. The predicted molar refractivity (Wildman–Crippen MR) is 92.4 cm³/mol. The standard InChI is InChI=1S/C15H22N4O3.ClH/c1-9(2)14(16)15(22)17-8-13(21)19-12-6-4-11(5-7-12)18-10(3)20;/h4-7,9,14H,8,16H2,1-3H3,(H,17,22)(H,18,20)(H,19,21);1H/t14-;/m0./s1. The van der Waals surface area contributed by atoms with Crippen LogP contribution >= 0.6 is 12.4 Å². The second kappa shape index (κ2) is 9.81. The number of amides is 3. The SMILES string of the molecule is CC(=O)Nc1ccc(NC(=O)CNC(=O)[C@@H](N)C(C)C)cc1.Cl. The van der Waals surface area contributed by atoms with Crippen LogP contribution in [0.2, 0.25) is 0 Å². The van der Waals surface area contributed by atoms with E-state index in [1.807, 2.05) is 13.8 Å². The fourth-order valence-electron chi connectivity index (χ4n) is 1.63. The third-order valence-corrected chi connectivity index (χ3v) is 2.93. The topological polar surface area (TPSA) is 113 Å². The van der Waals surface area contributed by atoms with Crippen molar-refractivity contribution in [2.24, 2.45) is 11.7 Å². The molecular weight excluding hydrogens is 320 g/mol. The largest absolute Gasteiger partial charge is 0.346 e. The lowest BCUT2D eigenvalue weighted by atomic mass is 10.1. The molecule has 0 saturated heterocycles. The Kier molecular flexibility index (Phi) is 8.90. The minimum Gasteiger partial charge on any atom is -0.346 e. The van der Waals surface area contributed by atoms with Crippen LogP contribution in [0.5, 0.6) is 0 Å². The summed E-state index contributed by atoms with van der Waals surface area (Å²) in [6.45, 7) is 4.94. The molecule has 0 unspecified atom stereocenters. The van der Waals surface area contributed by atoms with Crippen LogP contribution < -0.4 is 21.7 Å². The average Bonchev–Trinajstić information content (AvgIpc) is 2.45. The molecule has 1 aromatic rings. The number of carbonyl (C=O) groups excluding carboxylic acids is 3. The van der Waals surface area contributed by atoms with Gasteiger partial charge in [0.05, 0.1) is 12.6 Å². The zero-order valence-electron chi connectivity index (χ0n) is 13.4. The number of hydrogen-bond acceptors (Lipinski definition) is 4. The monoisotopic (exact) mass is 342 g/mol. The van der Waals surface area contributed by atoms with Crippen LogP contribution in [0.1, 0.15) is 20.8 Å². The lowest BCUT2D eigenvalue weighted by Gasteiger charge is -2.15. The summed E-state index contributed by atoms with van der Waals surface area (Å²) >= 11 is 0. The molecule has 0 bridgehead atoms. The molecule has 1 rings (SSSR count). The van der Waals surface area contributed by atoms with Crippen molar-refractivity contribution >= 4 is 41.5 Å². The van der Waals surface area contributed by atoms with E-state index in [1.54, 1.807) is 24.3 Å². The first-order chi connectivity index (χ1) is 10.3. The summed E-state index contributed by atoms with van der Waals surface area (Å²) in [6.07, 6.45) is 0. The van der Waals surface area contributed by atoms with Crippen molar-refractivity contribution in [1.29, 1.82) is 0 Å². The van der Waals surface area contributed by atoms with Crippen molar-refractivity contribution in [3.63, 3.8) is 0 Å². The summed E-state index contributed by atoms with van der Waals surface area (Å²) in [6, 6.07) is 6.02. The summed E-state index contributed by atoms with van der Waals surface area (Å²) in [7, 11) is 0. The van der Waals surface area contributed by atoms with Gasteiger partial charge in [0.2, 0.25) is 17.7 Å². The highest BCUT2D eigenvalue weighted by molar-refractivity contribution is 5.95. The minimum absolute atomic E-state index is 0. The zero-order valence-corrected chi connectivity index (χ0v) is 14.2. The van der Waals surface area contributed by atoms with Gasteiger partial charge in [0.15, 0.2) is 0 Å². The van der Waals surface area contributed by atoms with Crippen molar-refractivity contribution in [3.05, 3.63) is 24.3 Å². The molecule has 1 aromatic carbocycles. The van der Waals surface area contributed by atoms with Gasteiger partial charge in [0, 0.05) is 18.3 Å². The highest BCUT2D eigenvalue weighted by atomic mass is 35.5. The normalized spacial score (nSPS) is 11.2. The molecule has 7 nitrogen and oxygen atoms in total. The van der Waals surface area contributed by atoms with E-state index in [0.29, 0.717) is 11.4 Å². The van der Waals surface area contributed by atoms with Crippen molar-refractivity contribution in [2.45, 2.75) is 26.8 Å². The first kappa shape index (κ1) is 20.9. The molecule has 23 heavy (non-hydrogen) atoms. The number of nitrogens with one attached hydrogen (secondary N) is 3. The summed E-state index contributed by atoms with van der Waals surface area (Å²) in [5, 5.41) is 7.75. The van der Waals surface area contributed by atoms with E-state index in [2.05, 4.69) is 16.0 Å². The van der Waals surface area contributed by atoms with Gasteiger partial charge in [-0.3, -0.25) is 14.4 Å². The van der Waals surface area contributed by atoms with Gasteiger partial charge in [0.25, 0.3) is 0 Å². The van der Waals surface area contributed by atoms with Crippen molar-refractivity contribution in [2.75, 3.05) is 17.2 Å². The number of anilines is 2. The van der Waals surface area contributed by atoms with E-state index in [-0.39, 0.29) is 42.6 Å². The number of hydrogen-bond donors (Lipinski definition) is 4. The Labute approximate surface area is 141 Å². The molecule has 8 heteroatoms. The van der Waals surface area contributed by atoms with E-state index >= 15 is 0 Å². The molecule has 128 valence electrons. The van der Waals surface area contributed by atoms with Gasteiger partial charge < -0.3 is 21.7 Å². The smallest absolute Gasteiger partial charge is 0.243 e. The summed E-state index contributed by atoms with van der Waals surface area (Å²) < 4.78 is 0. The van der Waals surface area contributed by atoms with E-state index in [0.717, 1.165) is 0 Å². The highest BCUT2D eigenvalue weighted by Crippen LogP contribution is 2.13. The Morgan fingerprint density at radius 1 is 1.04 bits per heavy atom. The van der Waals surface area contributed by atoms with Crippen LogP contribution in [0.4, 0.5) is 11.4 Å². The van der Waals surface area contributed by atoms with E-state index < -0.39 is 6.04 Å². The lowest BCUT2D eigenvalue weighted by Crippen LogP contribution is -2.46. The number of nitrogens with two attached hydrogens (primary N) is 1. The molecule has 1 atom stereocenters. The molecule has 0 heterocycles. The maximum atomic E-state index is 11.7. The van der Waals surface area contributed by atoms with Crippen LogP contribution in [0.3, 0.4) is 0 Å². The molecule has 0 aliphatic heterocycles. The quantitative estimate of drug-likeness (QED) is 0.620. The molecule has 0 saturated carbocycles. The van der Waals surface area contributed by atoms with Crippen LogP contribution in [0, 0.1) is 5.92 Å². The molecule has 3 amide bonds. The fraction of sp³-hybridized carbons (Fsp3) is 0.400. The molecule has 0 aromatic heterocycles. The van der Waals surface area contributed by atoms with Gasteiger partial charge in [-0.25, -0.2) is 0 Å². The average molecular weight is 343 g/mol. The van der Waals surface area contributed by atoms with E-state index in [1.165, 1.54) is 6.92 Å². The Balaban J connectivity index is 0.00000484. The predicted octanol–water partition coefficient (Wildman–Crippen LogP) is 1.10. The van der Waals surface area contributed by atoms with E-state index in [4.69, 9.17) is 5.73 Å². The van der Waals surface area contributed by atoms with Crippen LogP contribution in [-0.2, 0) is 14.4 Å². The van der Waals surface area contributed by atoms with Gasteiger partial charge in [-0.05, 0) is 30.2 Å². The third-order valence-electron chi connectivity index (χ3n) is 2.93. The molecule has 0 fully saturated rings. The summed E-state index contributed by atoms with van der Waals surface area (Å²) in [4.78, 5) is 34.3. The Bertz CT molecular complexity index is 546. The van der Waals surface area contributed by atoms with E-state index in [9.17, 15) is 14.4 Å². The minimum atomic E-state index is -0.635. The number of carbonyl (C=O) groups is 3. The second-order valence-electron chi connectivity index (χ2n) is 5.29. The Morgan fingerprint density at radius 2 is 1.52 bits per heavy atom. The number of rotatable bonds is 6. The second-order valence-corrected chi connectivity index (χ2v) is 5.29. The molecular formula is C15H23ClN4O3. The van der Waals surface area contributed by atoms with Gasteiger partial charge in [0.1, 0.15) is 0 Å². The van der Waals surface area contributed by atoms with Crippen LogP contribution in [0.25, 0.3) is 0 Å². The molecule has 0 spiro atoms. The summed E-state index contributed by atoms with van der Waals surface area (Å²) in [5.41, 5.74) is 6.89. The summed E-state index contributed by atoms with van der Waals surface area (Å²) in [5.74, 6) is -0.867. The fourth-order valence-corrected chi connectivity index (χ4v) is 1.63. The number of halogens is 1. The Morgan fingerprint density at radius 3 is 1.96 bits per heavy atom. The van der Waals surface area contributed by atoms with Crippen LogP contribution in [-0.4, -0.2) is 30.3 Å². The molecule has 5 N–H and O–H groups in total. The maximum Gasteiger partial charge on any atom is 0.243 e. The lowest BCUT2D eigenvalue weighted by molar-refractivity contribution is -0.125. The highest BCUT2D eigenvalue weighted by Gasteiger charge is 2.17. The molecule has 0 radical (unpaired) electrons. The number of benzene rings is 1. The zero-order chi connectivity index (χ0) is 16.7. The van der Waals surface area contributed by atoms with Crippen molar-refractivity contribution in [3.8, 4) is 0 Å².